The summed E-state index contributed by atoms with van der Waals surface area (Å²) in [5.74, 6) is 0. The highest BCUT2D eigenvalue weighted by molar-refractivity contribution is 7.91. The van der Waals surface area contributed by atoms with E-state index in [-0.39, 0.29) is 12.6 Å². The summed E-state index contributed by atoms with van der Waals surface area (Å²) in [6, 6.07) is 18.8. The lowest BCUT2D eigenvalue weighted by atomic mass is 10.00. The van der Waals surface area contributed by atoms with Gasteiger partial charge < -0.3 is 4.74 Å². The van der Waals surface area contributed by atoms with Crippen LogP contribution in [0.4, 0.5) is 4.79 Å². The lowest BCUT2D eigenvalue weighted by molar-refractivity contribution is 0.0961. The van der Waals surface area contributed by atoms with E-state index in [4.69, 9.17) is 4.74 Å². The molecule has 2 aromatic carbocycles. The molecule has 0 N–H and O–H groups in total. The number of amides is 1. The Hall–Kier alpha value is -2.34. The van der Waals surface area contributed by atoms with Crippen LogP contribution in [0.25, 0.3) is 0 Å². The first-order chi connectivity index (χ1) is 13.5. The van der Waals surface area contributed by atoms with Gasteiger partial charge in [0.25, 0.3) is 0 Å². The molecule has 2 aromatic rings. The van der Waals surface area contributed by atoms with E-state index in [9.17, 15) is 13.2 Å². The van der Waals surface area contributed by atoms with E-state index in [1.165, 1.54) is 0 Å². The van der Waals surface area contributed by atoms with Crippen molar-refractivity contribution in [3.63, 3.8) is 0 Å². The first-order valence-electron chi connectivity index (χ1n) is 9.82. The van der Waals surface area contributed by atoms with Crippen LogP contribution in [0, 0.1) is 0 Å². The molecule has 1 heterocycles. The molecule has 0 spiro atoms. The topological polar surface area (TPSA) is 63.7 Å². The van der Waals surface area contributed by atoms with Crippen LogP contribution in [-0.2, 0) is 27.8 Å². The van der Waals surface area contributed by atoms with Crippen LogP contribution in [0.1, 0.15) is 43.7 Å². The van der Waals surface area contributed by atoms with Crippen molar-refractivity contribution in [3.05, 3.63) is 71.8 Å². The van der Waals surface area contributed by atoms with Gasteiger partial charge in [0, 0.05) is 0 Å². The molecule has 6 heteroatoms. The SMILES string of the molecule is CCCC[C@H]1[C@@H](CCc2ccccc2)S(=O)(=O)N1C(=O)OCc1ccccc1. The molecule has 1 saturated heterocycles. The Labute approximate surface area is 167 Å². The van der Waals surface area contributed by atoms with Crippen molar-refractivity contribution in [3.8, 4) is 0 Å². The molecule has 150 valence electrons. The fourth-order valence-electron chi connectivity index (χ4n) is 3.66. The summed E-state index contributed by atoms with van der Waals surface area (Å²) < 4.78 is 31.9. The maximum Gasteiger partial charge on any atom is 0.424 e. The van der Waals surface area contributed by atoms with Crippen molar-refractivity contribution in [1.82, 2.24) is 4.31 Å². The number of carbonyl (C=O) groups excluding carboxylic acids is 1. The maximum atomic E-state index is 12.8. The molecule has 1 aliphatic rings. The largest absolute Gasteiger partial charge is 0.444 e. The summed E-state index contributed by atoms with van der Waals surface area (Å²) in [5.41, 5.74) is 1.94. The fourth-order valence-corrected chi connectivity index (χ4v) is 5.71. The molecule has 0 aliphatic carbocycles. The van der Waals surface area contributed by atoms with Crippen molar-refractivity contribution in [2.45, 2.75) is 56.9 Å². The molecule has 1 amide bonds. The molecule has 0 aromatic heterocycles. The monoisotopic (exact) mass is 401 g/mol. The highest BCUT2D eigenvalue weighted by Crippen LogP contribution is 2.37. The minimum Gasteiger partial charge on any atom is -0.444 e. The third-order valence-corrected chi connectivity index (χ3v) is 7.47. The van der Waals surface area contributed by atoms with Gasteiger partial charge in [0.05, 0.1) is 6.04 Å². The summed E-state index contributed by atoms with van der Waals surface area (Å²) in [4.78, 5) is 12.5. The Morgan fingerprint density at radius 3 is 2.18 bits per heavy atom. The highest BCUT2D eigenvalue weighted by atomic mass is 32.2. The highest BCUT2D eigenvalue weighted by Gasteiger charge is 2.55. The molecule has 1 fully saturated rings. The Morgan fingerprint density at radius 2 is 1.57 bits per heavy atom. The lowest BCUT2D eigenvalue weighted by Gasteiger charge is -2.46. The van der Waals surface area contributed by atoms with Gasteiger partial charge in [0.2, 0.25) is 10.0 Å². The first kappa shape index (κ1) is 20.4. The fraction of sp³-hybridized carbons (Fsp3) is 0.409. The maximum absolute atomic E-state index is 12.8. The van der Waals surface area contributed by atoms with E-state index >= 15 is 0 Å². The molecule has 0 radical (unpaired) electrons. The third kappa shape index (κ3) is 4.55. The molecular weight excluding hydrogens is 374 g/mol. The number of nitrogens with zero attached hydrogens (tertiary/aromatic N) is 1. The summed E-state index contributed by atoms with van der Waals surface area (Å²) in [5, 5.41) is -0.525. The second-order valence-corrected chi connectivity index (χ2v) is 9.18. The Bertz CT molecular complexity index is 868. The number of benzene rings is 2. The second kappa shape index (κ2) is 9.24. The van der Waals surface area contributed by atoms with Gasteiger partial charge in [-0.1, -0.05) is 80.4 Å². The summed E-state index contributed by atoms with van der Waals surface area (Å²) in [6.07, 6.45) is 2.94. The van der Waals surface area contributed by atoms with Gasteiger partial charge in [-0.05, 0) is 30.4 Å². The number of hydrogen-bond acceptors (Lipinski definition) is 4. The molecular formula is C22H27NO4S. The van der Waals surface area contributed by atoms with Gasteiger partial charge in [-0.3, -0.25) is 0 Å². The van der Waals surface area contributed by atoms with E-state index < -0.39 is 21.4 Å². The minimum atomic E-state index is -3.66. The Morgan fingerprint density at radius 1 is 0.964 bits per heavy atom. The van der Waals surface area contributed by atoms with Gasteiger partial charge in [-0.25, -0.2) is 13.2 Å². The van der Waals surface area contributed by atoms with Crippen molar-refractivity contribution >= 4 is 16.1 Å². The smallest absolute Gasteiger partial charge is 0.424 e. The lowest BCUT2D eigenvalue weighted by Crippen LogP contribution is -2.65. The zero-order valence-electron chi connectivity index (χ0n) is 16.2. The van der Waals surface area contributed by atoms with Crippen LogP contribution < -0.4 is 0 Å². The predicted molar refractivity (Wildman–Crippen MR) is 109 cm³/mol. The van der Waals surface area contributed by atoms with Gasteiger partial charge in [-0.15, -0.1) is 0 Å². The zero-order valence-corrected chi connectivity index (χ0v) is 17.0. The minimum absolute atomic E-state index is 0.0703. The second-order valence-electron chi connectivity index (χ2n) is 7.15. The van der Waals surface area contributed by atoms with Crippen LogP contribution in [0.15, 0.2) is 60.7 Å². The van der Waals surface area contributed by atoms with Crippen molar-refractivity contribution in [2.75, 3.05) is 0 Å². The van der Waals surface area contributed by atoms with E-state index in [0.717, 1.165) is 28.3 Å². The van der Waals surface area contributed by atoms with Crippen LogP contribution in [0.3, 0.4) is 0 Å². The quantitative estimate of drug-likeness (QED) is 0.652. The molecule has 3 rings (SSSR count). The number of carbonyl (C=O) groups is 1. The Balaban J connectivity index is 1.66. The van der Waals surface area contributed by atoms with Gasteiger partial charge in [0.15, 0.2) is 0 Å². The third-order valence-electron chi connectivity index (χ3n) is 5.19. The van der Waals surface area contributed by atoms with Crippen molar-refractivity contribution in [2.24, 2.45) is 0 Å². The van der Waals surface area contributed by atoms with Crippen molar-refractivity contribution < 1.29 is 17.9 Å². The summed E-state index contributed by atoms with van der Waals surface area (Å²) >= 11 is 0. The average molecular weight is 402 g/mol. The predicted octanol–water partition coefficient (Wildman–Crippen LogP) is 4.53. The van der Waals surface area contributed by atoms with E-state index in [1.807, 2.05) is 60.7 Å². The molecule has 0 bridgehead atoms. The van der Waals surface area contributed by atoms with Crippen LogP contribution in [-0.4, -0.2) is 30.1 Å². The summed E-state index contributed by atoms with van der Waals surface area (Å²) in [6.45, 7) is 2.13. The summed E-state index contributed by atoms with van der Waals surface area (Å²) in [7, 11) is -3.66. The molecule has 2 atom stereocenters. The normalized spacial score (nSPS) is 20.4. The number of rotatable bonds is 8. The molecule has 1 aliphatic heterocycles. The number of aryl methyl sites for hydroxylation is 1. The number of ether oxygens (including phenoxy) is 1. The van der Waals surface area contributed by atoms with Gasteiger partial charge in [-0.2, -0.15) is 4.31 Å². The van der Waals surface area contributed by atoms with Gasteiger partial charge in [0.1, 0.15) is 11.9 Å². The molecule has 5 nitrogen and oxygen atoms in total. The van der Waals surface area contributed by atoms with Crippen LogP contribution in [0.5, 0.6) is 0 Å². The molecule has 0 saturated carbocycles. The first-order valence-corrected chi connectivity index (χ1v) is 11.3. The Kier molecular flexibility index (Phi) is 6.73. The van der Waals surface area contributed by atoms with Gasteiger partial charge >= 0.3 is 6.09 Å². The van der Waals surface area contributed by atoms with E-state index in [0.29, 0.717) is 19.3 Å². The standard InChI is InChI=1S/C22H27NO4S/c1-2-3-14-20-21(16-15-18-10-6-4-7-11-18)28(25,26)23(20)22(24)27-17-19-12-8-5-9-13-19/h4-13,20-21H,2-3,14-17H2,1H3/t20-,21+/m0/s1. The van der Waals surface area contributed by atoms with Crippen LogP contribution >= 0.6 is 0 Å². The van der Waals surface area contributed by atoms with E-state index in [2.05, 4.69) is 6.92 Å². The molecule has 28 heavy (non-hydrogen) atoms. The van der Waals surface area contributed by atoms with Crippen LogP contribution in [0.2, 0.25) is 0 Å². The average Bonchev–Trinajstić information content (AvgIpc) is 2.71. The number of sulfonamides is 1. The number of hydrogen-bond donors (Lipinski definition) is 0. The van der Waals surface area contributed by atoms with Crippen molar-refractivity contribution in [1.29, 1.82) is 0 Å². The zero-order chi connectivity index (χ0) is 20.0. The van der Waals surface area contributed by atoms with E-state index in [1.54, 1.807) is 0 Å². The number of unbranched alkanes of at least 4 members (excludes halogenated alkanes) is 1. The molecule has 0 unspecified atom stereocenters.